The van der Waals surface area contributed by atoms with Gasteiger partial charge >= 0.3 is 11.9 Å². The van der Waals surface area contributed by atoms with E-state index < -0.39 is 35.5 Å². The summed E-state index contributed by atoms with van der Waals surface area (Å²) in [6.45, 7) is -0.886. The molecule has 1 saturated heterocycles. The molecule has 11 nitrogen and oxygen atoms in total. The van der Waals surface area contributed by atoms with Gasteiger partial charge in [0.2, 0.25) is 5.91 Å². The normalized spacial score (nSPS) is 13.9. The van der Waals surface area contributed by atoms with Crippen LogP contribution >= 0.6 is 39.3 Å². The number of methoxy groups -OCH3 is 3. The summed E-state index contributed by atoms with van der Waals surface area (Å²) in [7, 11) is 3.83. The maximum absolute atomic E-state index is 12.9. The van der Waals surface area contributed by atoms with Crippen molar-refractivity contribution in [2.45, 2.75) is 0 Å². The van der Waals surface area contributed by atoms with Crippen molar-refractivity contribution in [2.24, 2.45) is 0 Å². The fraction of sp³-hybridized carbons (Fsp3) is 0.208. The molecule has 1 heterocycles. The van der Waals surface area contributed by atoms with Gasteiger partial charge in [0.25, 0.3) is 11.1 Å². The van der Waals surface area contributed by atoms with E-state index in [1.165, 1.54) is 45.6 Å². The number of hydrogen-bond donors (Lipinski definition) is 1. The van der Waals surface area contributed by atoms with Crippen molar-refractivity contribution in [3.05, 3.63) is 55.9 Å². The molecular formula is C24H20BrClN2O9S. The van der Waals surface area contributed by atoms with Gasteiger partial charge in [-0.1, -0.05) is 27.5 Å². The lowest BCUT2D eigenvalue weighted by Gasteiger charge is -2.13. The number of rotatable bonds is 9. The third-order valence-electron chi connectivity index (χ3n) is 4.97. The van der Waals surface area contributed by atoms with Gasteiger partial charge in [-0.05, 0) is 53.7 Å². The number of imide groups is 1. The molecule has 200 valence electrons. The smallest absolute Gasteiger partial charge is 0.343 e. The van der Waals surface area contributed by atoms with E-state index in [0.29, 0.717) is 21.8 Å². The van der Waals surface area contributed by atoms with E-state index in [0.717, 1.165) is 4.90 Å². The van der Waals surface area contributed by atoms with E-state index in [1.807, 2.05) is 0 Å². The number of halogens is 2. The predicted octanol–water partition coefficient (Wildman–Crippen LogP) is 4.12. The van der Waals surface area contributed by atoms with Crippen LogP contribution < -0.4 is 14.8 Å². The molecule has 1 aliphatic rings. The van der Waals surface area contributed by atoms with Gasteiger partial charge in [0.1, 0.15) is 6.54 Å². The third-order valence-corrected chi connectivity index (χ3v) is 6.90. The second-order valence-corrected chi connectivity index (χ2v) is 9.65. The monoisotopic (exact) mass is 626 g/mol. The zero-order valence-corrected chi connectivity index (χ0v) is 23.3. The Morgan fingerprint density at radius 2 is 1.82 bits per heavy atom. The predicted molar refractivity (Wildman–Crippen MR) is 142 cm³/mol. The largest absolute Gasteiger partial charge is 0.493 e. The molecule has 2 aromatic carbocycles. The number of amides is 3. The molecular weight excluding hydrogens is 608 g/mol. The lowest BCUT2D eigenvalue weighted by Crippen LogP contribution is -2.36. The molecule has 0 bridgehead atoms. The fourth-order valence-electron chi connectivity index (χ4n) is 3.12. The van der Waals surface area contributed by atoms with Crippen LogP contribution in [0.3, 0.4) is 0 Å². The Balaban J connectivity index is 1.74. The molecule has 0 spiro atoms. The summed E-state index contributed by atoms with van der Waals surface area (Å²) in [6.07, 6.45) is 1.46. The maximum atomic E-state index is 12.9. The molecule has 38 heavy (non-hydrogen) atoms. The van der Waals surface area contributed by atoms with Gasteiger partial charge in [0.05, 0.1) is 36.8 Å². The Kier molecular flexibility index (Phi) is 9.78. The molecule has 14 heteroatoms. The third kappa shape index (κ3) is 6.85. The van der Waals surface area contributed by atoms with Crippen LogP contribution in [0.15, 0.2) is 39.7 Å². The SMILES string of the molecule is COC(=O)COc1cc(Br)c(/C=C2/SC(=O)N(CC(=O)Nc3ccc(Cl)c(C(=O)OC)c3)C2=O)cc1OC. The molecule has 1 fully saturated rings. The highest BCUT2D eigenvalue weighted by Gasteiger charge is 2.36. The number of nitrogens with one attached hydrogen (secondary N) is 1. The van der Waals surface area contributed by atoms with Crippen molar-refractivity contribution < 1.29 is 42.9 Å². The summed E-state index contributed by atoms with van der Waals surface area (Å²) < 4.78 is 20.4. The Hall–Kier alpha value is -3.55. The number of anilines is 1. The van der Waals surface area contributed by atoms with Crippen molar-refractivity contribution in [1.29, 1.82) is 0 Å². The number of hydrogen-bond acceptors (Lipinski definition) is 10. The molecule has 0 atom stereocenters. The molecule has 1 N–H and O–H groups in total. The minimum atomic E-state index is -0.687. The number of esters is 2. The first kappa shape index (κ1) is 29.0. The number of benzene rings is 2. The van der Waals surface area contributed by atoms with Crippen LogP contribution in [0, 0.1) is 0 Å². The Bertz CT molecular complexity index is 1350. The molecule has 1 aliphatic heterocycles. The lowest BCUT2D eigenvalue weighted by atomic mass is 10.2. The summed E-state index contributed by atoms with van der Waals surface area (Å²) in [5, 5.41) is 2.03. The van der Waals surface area contributed by atoms with Gasteiger partial charge < -0.3 is 24.3 Å². The van der Waals surface area contributed by atoms with Gasteiger partial charge in [-0.3, -0.25) is 19.3 Å². The van der Waals surface area contributed by atoms with Crippen LogP contribution in [0.2, 0.25) is 5.02 Å². The molecule has 3 amide bonds. The molecule has 0 aromatic heterocycles. The average Bonchev–Trinajstić information content (AvgIpc) is 3.16. The number of carbonyl (C=O) groups is 5. The second-order valence-electron chi connectivity index (χ2n) is 7.39. The lowest BCUT2D eigenvalue weighted by molar-refractivity contribution is -0.143. The van der Waals surface area contributed by atoms with Crippen molar-refractivity contribution in [2.75, 3.05) is 39.8 Å². The molecule has 0 saturated carbocycles. The minimum Gasteiger partial charge on any atom is -0.493 e. The molecule has 2 aromatic rings. The Morgan fingerprint density at radius 1 is 1.08 bits per heavy atom. The Morgan fingerprint density at radius 3 is 2.47 bits per heavy atom. The number of carbonyl (C=O) groups excluding carboxylic acids is 5. The van der Waals surface area contributed by atoms with Crippen molar-refractivity contribution >= 4 is 80.0 Å². The first-order valence-corrected chi connectivity index (χ1v) is 12.6. The zero-order chi connectivity index (χ0) is 28.0. The van der Waals surface area contributed by atoms with Crippen molar-refractivity contribution in [3.8, 4) is 11.5 Å². The summed E-state index contributed by atoms with van der Waals surface area (Å²) in [5.41, 5.74) is 0.760. The summed E-state index contributed by atoms with van der Waals surface area (Å²) in [6, 6.07) is 7.29. The van der Waals surface area contributed by atoms with Gasteiger partial charge in [0.15, 0.2) is 18.1 Å². The van der Waals surface area contributed by atoms with E-state index in [9.17, 15) is 24.0 Å². The summed E-state index contributed by atoms with van der Waals surface area (Å²) >= 11 is 10.0. The highest BCUT2D eigenvalue weighted by atomic mass is 79.9. The van der Waals surface area contributed by atoms with Gasteiger partial charge in [-0.2, -0.15) is 0 Å². The summed E-state index contributed by atoms with van der Waals surface area (Å²) in [5.74, 6) is -2.07. The first-order chi connectivity index (χ1) is 18.1. The highest BCUT2D eigenvalue weighted by Crippen LogP contribution is 2.38. The number of ether oxygens (including phenoxy) is 4. The van der Waals surface area contributed by atoms with Gasteiger partial charge in [-0.25, -0.2) is 9.59 Å². The topological polar surface area (TPSA) is 138 Å². The molecule has 0 aliphatic carbocycles. The molecule has 0 radical (unpaired) electrons. The second kappa shape index (κ2) is 12.8. The maximum Gasteiger partial charge on any atom is 0.343 e. The quantitative estimate of drug-likeness (QED) is 0.319. The van der Waals surface area contributed by atoms with E-state index in [4.69, 9.17) is 21.1 Å². The average molecular weight is 628 g/mol. The summed E-state index contributed by atoms with van der Waals surface area (Å²) in [4.78, 5) is 62.0. The molecule has 0 unspecified atom stereocenters. The highest BCUT2D eigenvalue weighted by molar-refractivity contribution is 9.10. The van der Waals surface area contributed by atoms with E-state index in [1.54, 1.807) is 12.1 Å². The standard InChI is InChI=1S/C24H20BrClN2O9S/c1-34-17-6-12(15(25)9-18(17)37-11-21(30)35-2)7-19-22(31)28(24(33)38-19)10-20(29)27-13-4-5-16(26)14(8-13)23(32)36-3/h4-9H,10-11H2,1-3H3,(H,27,29)/b19-7+. The van der Waals surface area contributed by atoms with Crippen LogP contribution in [0.4, 0.5) is 10.5 Å². The van der Waals surface area contributed by atoms with Crippen molar-refractivity contribution in [3.63, 3.8) is 0 Å². The molecule has 3 rings (SSSR count). The Labute approximate surface area is 234 Å². The van der Waals surface area contributed by atoms with E-state index in [-0.39, 0.29) is 39.3 Å². The van der Waals surface area contributed by atoms with Gasteiger partial charge in [-0.15, -0.1) is 0 Å². The van der Waals surface area contributed by atoms with E-state index >= 15 is 0 Å². The van der Waals surface area contributed by atoms with Crippen LogP contribution in [-0.2, 0) is 23.9 Å². The van der Waals surface area contributed by atoms with Gasteiger partial charge in [0, 0.05) is 10.2 Å². The van der Waals surface area contributed by atoms with Crippen LogP contribution in [-0.4, -0.2) is 68.4 Å². The van der Waals surface area contributed by atoms with Crippen LogP contribution in [0.1, 0.15) is 15.9 Å². The zero-order valence-electron chi connectivity index (χ0n) is 20.2. The van der Waals surface area contributed by atoms with Crippen LogP contribution in [0.25, 0.3) is 6.08 Å². The number of nitrogens with zero attached hydrogens (tertiary/aromatic N) is 1. The first-order valence-electron chi connectivity index (χ1n) is 10.6. The fourth-order valence-corrected chi connectivity index (χ4v) is 4.58. The minimum absolute atomic E-state index is 0.0452. The van der Waals surface area contributed by atoms with Crippen molar-refractivity contribution in [1.82, 2.24) is 4.90 Å². The van der Waals surface area contributed by atoms with E-state index in [2.05, 4.69) is 30.7 Å². The number of thioether (sulfide) groups is 1. The van der Waals surface area contributed by atoms with Crippen LogP contribution in [0.5, 0.6) is 11.5 Å².